The lowest BCUT2D eigenvalue weighted by Crippen LogP contribution is -2.47. The third-order valence-corrected chi connectivity index (χ3v) is 4.48. The second-order valence-electron chi connectivity index (χ2n) is 5.81. The summed E-state index contributed by atoms with van der Waals surface area (Å²) in [7, 11) is 0. The van der Waals surface area contributed by atoms with Gasteiger partial charge in [0, 0.05) is 36.1 Å². The number of aromatic nitrogens is 1. The van der Waals surface area contributed by atoms with Gasteiger partial charge in [0.05, 0.1) is 11.2 Å². The number of hydrogen-bond donors (Lipinski definition) is 1. The van der Waals surface area contributed by atoms with E-state index in [-0.39, 0.29) is 17.1 Å². The van der Waals surface area contributed by atoms with E-state index in [9.17, 15) is 4.39 Å². The quantitative estimate of drug-likeness (QED) is 0.821. The Morgan fingerprint density at radius 3 is 3.05 bits per heavy atom. The van der Waals surface area contributed by atoms with E-state index in [0.717, 1.165) is 11.2 Å². The van der Waals surface area contributed by atoms with E-state index in [2.05, 4.69) is 34.0 Å². The van der Waals surface area contributed by atoms with Gasteiger partial charge in [0.15, 0.2) is 0 Å². The van der Waals surface area contributed by atoms with Crippen LogP contribution in [0.5, 0.6) is 0 Å². The smallest absolute Gasteiger partial charge is 0.146 e. The van der Waals surface area contributed by atoms with E-state index in [4.69, 9.17) is 5.73 Å². The van der Waals surface area contributed by atoms with Crippen molar-refractivity contribution in [1.82, 2.24) is 4.98 Å². The molecule has 0 aliphatic carbocycles. The normalized spacial score (nSPS) is 25.9. The summed E-state index contributed by atoms with van der Waals surface area (Å²) in [4.78, 5) is 10.8. The Morgan fingerprint density at radius 2 is 2.18 bits per heavy atom. The number of anilines is 2. The highest BCUT2D eigenvalue weighted by atomic mass is 19.1. The predicted octanol–water partition coefficient (Wildman–Crippen LogP) is 3.26. The van der Waals surface area contributed by atoms with Crippen molar-refractivity contribution >= 4 is 28.5 Å². The van der Waals surface area contributed by atoms with Gasteiger partial charge in [0.1, 0.15) is 11.6 Å². The highest BCUT2D eigenvalue weighted by molar-refractivity contribution is 5.94. The number of aliphatic imine (C=N–C) groups is 1. The van der Waals surface area contributed by atoms with E-state index in [1.54, 1.807) is 12.3 Å². The fourth-order valence-corrected chi connectivity index (χ4v) is 3.10. The Morgan fingerprint density at radius 1 is 1.32 bits per heavy atom. The van der Waals surface area contributed by atoms with Crippen molar-refractivity contribution in [3.8, 4) is 0 Å². The van der Waals surface area contributed by atoms with E-state index in [1.807, 2.05) is 24.7 Å². The maximum atomic E-state index is 13.5. The number of pyridine rings is 1. The van der Waals surface area contributed by atoms with Crippen molar-refractivity contribution < 1.29 is 4.39 Å². The Labute approximate surface area is 127 Å². The lowest BCUT2D eigenvalue weighted by atomic mass is 9.86. The van der Waals surface area contributed by atoms with Crippen molar-refractivity contribution in [3.05, 3.63) is 54.8 Å². The first kappa shape index (κ1) is 13.0. The molecule has 3 heterocycles. The highest BCUT2D eigenvalue weighted by Crippen LogP contribution is 2.38. The number of nitrogens with two attached hydrogens (primary N) is 1. The molecule has 0 spiro atoms. The Bertz CT molecular complexity index is 855. The molecule has 22 heavy (non-hydrogen) atoms. The number of hydrogen-bond acceptors (Lipinski definition) is 4. The summed E-state index contributed by atoms with van der Waals surface area (Å²) in [5, 5.41) is 1.50. The first-order valence-electron chi connectivity index (χ1n) is 7.12. The van der Waals surface area contributed by atoms with Gasteiger partial charge in [-0.25, -0.2) is 9.37 Å². The lowest BCUT2D eigenvalue weighted by molar-refractivity contribution is 0.549. The minimum atomic E-state index is -0.417. The van der Waals surface area contributed by atoms with E-state index >= 15 is 0 Å². The summed E-state index contributed by atoms with van der Waals surface area (Å²) in [6, 6.07) is 5.03. The van der Waals surface area contributed by atoms with Gasteiger partial charge in [-0.15, -0.1) is 0 Å². The van der Waals surface area contributed by atoms with Crippen LogP contribution in [0.4, 0.5) is 15.9 Å². The van der Waals surface area contributed by atoms with Crippen LogP contribution in [0.1, 0.15) is 6.92 Å². The fourth-order valence-electron chi connectivity index (χ4n) is 3.10. The molecule has 0 saturated carbocycles. The zero-order chi connectivity index (χ0) is 15.3. The average molecular weight is 294 g/mol. The molecule has 2 aliphatic heterocycles. The standard InChI is InChI=1S/C17H15FN4/c1-17-10-20-6-4-12(17)5-7-22(17)15-8-11-2-3-14(18)16(19)13(11)9-21-15/h2-10,12H,19H2,1H3. The Kier molecular flexibility index (Phi) is 2.60. The number of halogens is 1. The number of nitrogen functional groups attached to an aromatic ring is 1. The molecule has 2 aliphatic rings. The third-order valence-electron chi connectivity index (χ3n) is 4.48. The number of nitrogens with zero attached hydrogens (tertiary/aromatic N) is 3. The zero-order valence-electron chi connectivity index (χ0n) is 12.1. The monoisotopic (exact) mass is 294 g/mol. The first-order valence-corrected chi connectivity index (χ1v) is 7.12. The number of rotatable bonds is 1. The molecule has 0 bridgehead atoms. The molecule has 110 valence electrons. The molecule has 2 atom stereocenters. The van der Waals surface area contributed by atoms with Gasteiger partial charge in [-0.3, -0.25) is 4.99 Å². The molecule has 0 saturated heterocycles. The molecule has 0 amide bonds. The van der Waals surface area contributed by atoms with Gasteiger partial charge in [-0.1, -0.05) is 18.2 Å². The molecule has 4 rings (SSSR count). The maximum absolute atomic E-state index is 13.5. The molecular weight excluding hydrogens is 279 g/mol. The first-order chi connectivity index (χ1) is 10.6. The third kappa shape index (κ3) is 1.68. The van der Waals surface area contributed by atoms with Crippen LogP contribution in [0.25, 0.3) is 10.8 Å². The summed E-state index contributed by atoms with van der Waals surface area (Å²) in [5.74, 6) is 0.641. The van der Waals surface area contributed by atoms with Crippen molar-refractivity contribution in [2.45, 2.75) is 12.5 Å². The summed E-state index contributed by atoms with van der Waals surface area (Å²) >= 11 is 0. The zero-order valence-corrected chi connectivity index (χ0v) is 12.1. The van der Waals surface area contributed by atoms with Gasteiger partial charge in [-0.2, -0.15) is 0 Å². The minimum Gasteiger partial charge on any atom is -0.396 e. The second-order valence-corrected chi connectivity index (χ2v) is 5.81. The van der Waals surface area contributed by atoms with Gasteiger partial charge < -0.3 is 10.6 Å². The van der Waals surface area contributed by atoms with Crippen LogP contribution in [0.15, 0.2) is 53.9 Å². The lowest BCUT2D eigenvalue weighted by Gasteiger charge is -2.37. The second kappa shape index (κ2) is 4.40. The molecular formula is C17H15FN4. The molecule has 0 radical (unpaired) electrons. The van der Waals surface area contributed by atoms with Crippen molar-refractivity contribution in [3.63, 3.8) is 0 Å². The maximum Gasteiger partial charge on any atom is 0.146 e. The number of benzene rings is 1. The topological polar surface area (TPSA) is 54.5 Å². The minimum absolute atomic E-state index is 0.139. The van der Waals surface area contributed by atoms with Crippen LogP contribution in [-0.4, -0.2) is 16.7 Å². The summed E-state index contributed by atoms with van der Waals surface area (Å²) in [6.07, 6.45) is 11.6. The van der Waals surface area contributed by atoms with Crippen LogP contribution < -0.4 is 10.6 Å². The SMILES string of the molecule is CC12C=NC=CC1C=CN2c1cc2ccc(F)c(N)c2cn1. The molecule has 1 aromatic heterocycles. The van der Waals surface area contributed by atoms with Gasteiger partial charge in [-0.05, 0) is 24.4 Å². The molecule has 2 aromatic rings. The summed E-state index contributed by atoms with van der Waals surface area (Å²) in [5.41, 5.74) is 5.66. The van der Waals surface area contributed by atoms with Crippen molar-refractivity contribution in [1.29, 1.82) is 0 Å². The molecule has 5 heteroatoms. The molecule has 2 N–H and O–H groups in total. The molecule has 0 fully saturated rings. The van der Waals surface area contributed by atoms with Crippen molar-refractivity contribution in [2.24, 2.45) is 10.9 Å². The molecule has 1 aromatic carbocycles. The molecule has 2 unspecified atom stereocenters. The van der Waals surface area contributed by atoms with E-state index < -0.39 is 5.82 Å². The summed E-state index contributed by atoms with van der Waals surface area (Å²) < 4.78 is 13.5. The van der Waals surface area contributed by atoms with Crippen molar-refractivity contribution in [2.75, 3.05) is 10.6 Å². The highest BCUT2D eigenvalue weighted by Gasteiger charge is 2.41. The fraction of sp³-hybridized carbons (Fsp3) is 0.176. The largest absolute Gasteiger partial charge is 0.396 e. The summed E-state index contributed by atoms with van der Waals surface area (Å²) in [6.45, 7) is 2.12. The van der Waals surface area contributed by atoms with Crippen LogP contribution >= 0.6 is 0 Å². The van der Waals surface area contributed by atoms with Gasteiger partial charge in [0.2, 0.25) is 0 Å². The van der Waals surface area contributed by atoms with Crippen LogP contribution in [0, 0.1) is 11.7 Å². The Hall–Kier alpha value is -2.69. The predicted molar refractivity (Wildman–Crippen MR) is 87.3 cm³/mol. The van der Waals surface area contributed by atoms with Gasteiger partial charge in [0.25, 0.3) is 0 Å². The van der Waals surface area contributed by atoms with Gasteiger partial charge >= 0.3 is 0 Å². The van der Waals surface area contributed by atoms with E-state index in [1.165, 1.54) is 6.07 Å². The van der Waals surface area contributed by atoms with Crippen LogP contribution in [-0.2, 0) is 0 Å². The average Bonchev–Trinajstić information content (AvgIpc) is 2.88. The Balaban J connectivity index is 1.82. The van der Waals surface area contributed by atoms with E-state index in [0.29, 0.717) is 5.39 Å². The van der Waals surface area contributed by atoms with Crippen LogP contribution in [0.3, 0.4) is 0 Å². The van der Waals surface area contributed by atoms with Crippen LogP contribution in [0.2, 0.25) is 0 Å². The number of fused-ring (bicyclic) bond motifs is 2. The molecule has 4 nitrogen and oxygen atoms in total.